The molecule has 0 aromatic heterocycles. The molecule has 1 aromatic carbocycles. The van der Waals surface area contributed by atoms with Gasteiger partial charge in [0.15, 0.2) is 0 Å². The quantitative estimate of drug-likeness (QED) is 0.270. The van der Waals surface area contributed by atoms with Crippen molar-refractivity contribution in [1.29, 1.82) is 0 Å². The lowest BCUT2D eigenvalue weighted by Gasteiger charge is -2.29. The highest BCUT2D eigenvalue weighted by atomic mass is 16.5. The molecule has 160 valence electrons. The van der Waals surface area contributed by atoms with Crippen molar-refractivity contribution in [2.75, 3.05) is 13.1 Å². The van der Waals surface area contributed by atoms with E-state index in [-0.39, 0.29) is 5.91 Å². The summed E-state index contributed by atoms with van der Waals surface area (Å²) in [6.45, 7) is 4.90. The molecule has 1 aliphatic rings. The maximum absolute atomic E-state index is 13.1. The van der Waals surface area contributed by atoms with Crippen molar-refractivity contribution in [1.82, 2.24) is 15.7 Å². The van der Waals surface area contributed by atoms with Crippen molar-refractivity contribution in [2.24, 2.45) is 11.1 Å². The number of urea groups is 1. The Balaban J connectivity index is 1.97. The monoisotopic (exact) mass is 404 g/mol. The molecule has 2 rings (SSSR count). The number of nitrogens with one attached hydrogen (secondary N) is 2. The molecule has 5 N–H and O–H groups in total. The fraction of sp³-hybridized carbons (Fsp3) is 0.571. The lowest BCUT2D eigenvalue weighted by atomic mass is 9.82. The van der Waals surface area contributed by atoms with E-state index < -0.39 is 23.4 Å². The number of nitrogens with zero attached hydrogens (tertiary/aromatic N) is 1. The molecule has 2 unspecified atom stereocenters. The van der Waals surface area contributed by atoms with Crippen LogP contribution in [0.4, 0.5) is 4.79 Å². The van der Waals surface area contributed by atoms with Gasteiger partial charge in [0.1, 0.15) is 6.04 Å². The Kier molecular flexibility index (Phi) is 8.01. The predicted octanol–water partition coefficient (Wildman–Crippen LogP) is 1.88. The van der Waals surface area contributed by atoms with E-state index in [1.165, 1.54) is 11.1 Å². The zero-order valence-corrected chi connectivity index (χ0v) is 17.2. The topological polar surface area (TPSA) is 125 Å². The van der Waals surface area contributed by atoms with E-state index in [0.717, 1.165) is 6.42 Å². The summed E-state index contributed by atoms with van der Waals surface area (Å²) in [5.74, 6) is -0.627. The average Bonchev–Trinajstić information content (AvgIpc) is 2.98. The first-order valence-electron chi connectivity index (χ1n) is 10.1. The van der Waals surface area contributed by atoms with Crippen molar-refractivity contribution in [2.45, 2.75) is 58.4 Å². The van der Waals surface area contributed by atoms with E-state index in [1.807, 2.05) is 26.0 Å². The molecule has 0 spiro atoms. The molecule has 0 radical (unpaired) electrons. The molecular weight excluding hydrogens is 372 g/mol. The van der Waals surface area contributed by atoms with Crippen LogP contribution in [0, 0.1) is 12.3 Å². The standard InChI is InChI=1S/C21H32N4O4/c1-15-6-5-7-16(14-15)9-10-21(2)11-13-25(19(21)27)17(18(26)24-29)8-3-4-12-23-20(22)28/h5-7,14,17,29H,3-4,8-13H2,1-2H3,(H,24,26)(H3,22,23,28). The van der Waals surface area contributed by atoms with Crippen LogP contribution in [0.1, 0.15) is 50.2 Å². The Bertz CT molecular complexity index is 739. The smallest absolute Gasteiger partial charge is 0.312 e. The Morgan fingerprint density at radius 2 is 2.10 bits per heavy atom. The van der Waals surface area contributed by atoms with Gasteiger partial charge in [0.25, 0.3) is 5.91 Å². The number of nitrogens with two attached hydrogens (primary N) is 1. The van der Waals surface area contributed by atoms with Crippen molar-refractivity contribution in [3.8, 4) is 0 Å². The number of hydrogen-bond donors (Lipinski definition) is 4. The molecule has 8 heteroatoms. The molecule has 1 saturated heterocycles. The highest BCUT2D eigenvalue weighted by molar-refractivity contribution is 5.91. The van der Waals surface area contributed by atoms with E-state index in [9.17, 15) is 14.4 Å². The van der Waals surface area contributed by atoms with E-state index >= 15 is 0 Å². The van der Waals surface area contributed by atoms with Crippen LogP contribution in [0.2, 0.25) is 0 Å². The third-order valence-corrected chi connectivity index (χ3v) is 5.72. The van der Waals surface area contributed by atoms with Gasteiger partial charge >= 0.3 is 6.03 Å². The summed E-state index contributed by atoms with van der Waals surface area (Å²) < 4.78 is 0. The van der Waals surface area contributed by atoms with Crippen molar-refractivity contribution >= 4 is 17.8 Å². The third-order valence-electron chi connectivity index (χ3n) is 5.72. The summed E-state index contributed by atoms with van der Waals surface area (Å²) in [5, 5.41) is 11.6. The second-order valence-electron chi connectivity index (χ2n) is 8.08. The van der Waals surface area contributed by atoms with Crippen molar-refractivity contribution in [3.05, 3.63) is 35.4 Å². The molecule has 1 fully saturated rings. The molecule has 4 amide bonds. The minimum atomic E-state index is -0.720. The normalized spacial score (nSPS) is 19.8. The molecule has 1 aliphatic heterocycles. The number of carbonyl (C=O) groups excluding carboxylic acids is 3. The van der Waals surface area contributed by atoms with Gasteiger partial charge in [0.05, 0.1) is 0 Å². The number of aryl methyl sites for hydroxylation is 2. The number of amides is 4. The van der Waals surface area contributed by atoms with Gasteiger partial charge in [-0.05, 0) is 51.0 Å². The molecule has 29 heavy (non-hydrogen) atoms. The molecule has 1 heterocycles. The van der Waals surface area contributed by atoms with Crippen LogP contribution in [0.25, 0.3) is 0 Å². The number of hydroxylamine groups is 1. The minimum absolute atomic E-state index is 0.0472. The summed E-state index contributed by atoms with van der Waals surface area (Å²) in [5.41, 5.74) is 8.59. The molecule has 8 nitrogen and oxygen atoms in total. The number of rotatable bonds is 10. The highest BCUT2D eigenvalue weighted by Crippen LogP contribution is 2.37. The van der Waals surface area contributed by atoms with Crippen molar-refractivity contribution < 1.29 is 19.6 Å². The first-order valence-corrected chi connectivity index (χ1v) is 10.1. The molecular formula is C21H32N4O4. The van der Waals surface area contributed by atoms with E-state index in [0.29, 0.717) is 45.2 Å². The molecule has 0 saturated carbocycles. The fourth-order valence-corrected chi connectivity index (χ4v) is 3.92. The predicted molar refractivity (Wildman–Crippen MR) is 109 cm³/mol. The SMILES string of the molecule is Cc1cccc(CCC2(C)CCN(C(CCCCNC(N)=O)C(=O)NO)C2=O)c1. The van der Waals surface area contributed by atoms with Gasteiger partial charge in [-0.3, -0.25) is 14.8 Å². The van der Waals surface area contributed by atoms with Crippen LogP contribution in [0.5, 0.6) is 0 Å². The van der Waals surface area contributed by atoms with Crippen LogP contribution >= 0.6 is 0 Å². The molecule has 0 bridgehead atoms. The third kappa shape index (κ3) is 6.19. The van der Waals surface area contributed by atoms with Gasteiger partial charge in [-0.25, -0.2) is 10.3 Å². The Labute approximate surface area is 171 Å². The van der Waals surface area contributed by atoms with Gasteiger partial charge in [-0.2, -0.15) is 0 Å². The van der Waals surface area contributed by atoms with Crippen LogP contribution in [0.3, 0.4) is 0 Å². The largest absolute Gasteiger partial charge is 0.352 e. The van der Waals surface area contributed by atoms with Gasteiger partial charge in [0.2, 0.25) is 5.91 Å². The first kappa shape index (κ1) is 22.7. The maximum atomic E-state index is 13.1. The van der Waals surface area contributed by atoms with Crippen LogP contribution in [0.15, 0.2) is 24.3 Å². The van der Waals surface area contributed by atoms with E-state index in [1.54, 1.807) is 10.4 Å². The van der Waals surface area contributed by atoms with Gasteiger partial charge < -0.3 is 16.0 Å². The zero-order chi connectivity index (χ0) is 21.4. The average molecular weight is 405 g/mol. The molecule has 2 atom stereocenters. The Hall–Kier alpha value is -2.61. The summed E-state index contributed by atoms with van der Waals surface area (Å²) in [4.78, 5) is 37.7. The van der Waals surface area contributed by atoms with Crippen molar-refractivity contribution in [3.63, 3.8) is 0 Å². The Morgan fingerprint density at radius 1 is 1.34 bits per heavy atom. The number of unbranched alkanes of at least 4 members (excludes halogenated alkanes) is 1. The lowest BCUT2D eigenvalue weighted by Crippen LogP contribution is -2.48. The summed E-state index contributed by atoms with van der Waals surface area (Å²) in [6.07, 6.45) is 3.84. The first-order chi connectivity index (χ1) is 13.8. The lowest BCUT2D eigenvalue weighted by molar-refractivity contribution is -0.146. The van der Waals surface area contributed by atoms with Crippen LogP contribution in [-0.4, -0.2) is 47.1 Å². The van der Waals surface area contributed by atoms with E-state index in [4.69, 9.17) is 10.9 Å². The number of hydrogen-bond acceptors (Lipinski definition) is 4. The number of likely N-dealkylation sites (tertiary alicyclic amines) is 1. The minimum Gasteiger partial charge on any atom is -0.352 e. The number of carbonyl (C=O) groups is 3. The second kappa shape index (κ2) is 10.2. The zero-order valence-electron chi connectivity index (χ0n) is 17.2. The maximum Gasteiger partial charge on any atom is 0.312 e. The van der Waals surface area contributed by atoms with E-state index in [2.05, 4.69) is 17.4 Å². The molecule has 0 aliphatic carbocycles. The highest BCUT2D eigenvalue weighted by Gasteiger charge is 2.46. The summed E-state index contributed by atoms with van der Waals surface area (Å²) >= 11 is 0. The summed E-state index contributed by atoms with van der Waals surface area (Å²) in [7, 11) is 0. The van der Waals surface area contributed by atoms with Gasteiger partial charge in [-0.15, -0.1) is 0 Å². The van der Waals surface area contributed by atoms with Crippen LogP contribution in [-0.2, 0) is 16.0 Å². The second-order valence-corrected chi connectivity index (χ2v) is 8.08. The summed E-state index contributed by atoms with van der Waals surface area (Å²) in [6, 6.07) is 6.95. The fourth-order valence-electron chi connectivity index (χ4n) is 3.92. The Morgan fingerprint density at radius 3 is 2.76 bits per heavy atom. The van der Waals surface area contributed by atoms with Gasteiger partial charge in [0, 0.05) is 18.5 Å². The number of primary amides is 1. The van der Waals surface area contributed by atoms with Gasteiger partial charge in [-0.1, -0.05) is 36.8 Å². The van der Waals surface area contributed by atoms with Crippen LogP contribution < -0.4 is 16.5 Å². The molecule has 1 aromatic rings. The number of benzene rings is 1.